The Hall–Kier alpha value is -0.770. The monoisotopic (exact) mass is 198 g/mol. The van der Waals surface area contributed by atoms with Crippen molar-refractivity contribution in [2.75, 3.05) is 13.7 Å². The lowest BCUT2D eigenvalue weighted by molar-refractivity contribution is 0.414. The first-order valence-electron chi connectivity index (χ1n) is 4.07. The van der Waals surface area contributed by atoms with Crippen LogP contribution in [0, 0.1) is 0 Å². The highest BCUT2D eigenvalue weighted by molar-refractivity contribution is 6.32. The molecule has 0 radical (unpaired) electrons. The average molecular weight is 199 g/mol. The van der Waals surface area contributed by atoms with E-state index in [0.29, 0.717) is 16.8 Å². The number of nitrogens with two attached hydrogens (primary N) is 1. The van der Waals surface area contributed by atoms with Gasteiger partial charge in [-0.1, -0.05) is 17.7 Å². The molecular formula is C9H11ClN2O. The van der Waals surface area contributed by atoms with Gasteiger partial charge in [-0.25, -0.2) is 5.01 Å². The summed E-state index contributed by atoms with van der Waals surface area (Å²) in [5.41, 5.74) is 1.15. The molecule has 1 aromatic carbocycles. The molecule has 0 amide bonds. The molecule has 1 fully saturated rings. The largest absolute Gasteiger partial charge is 0.495 e. The van der Waals surface area contributed by atoms with E-state index < -0.39 is 0 Å². The zero-order valence-corrected chi connectivity index (χ0v) is 8.08. The smallest absolute Gasteiger partial charge is 0.137 e. The summed E-state index contributed by atoms with van der Waals surface area (Å²) >= 11 is 5.96. The van der Waals surface area contributed by atoms with Crippen LogP contribution in [0.4, 0.5) is 0 Å². The van der Waals surface area contributed by atoms with Gasteiger partial charge in [-0.2, -0.15) is 0 Å². The van der Waals surface area contributed by atoms with Crippen molar-refractivity contribution in [2.45, 2.75) is 6.04 Å². The summed E-state index contributed by atoms with van der Waals surface area (Å²) in [6.45, 7) is 0.905. The van der Waals surface area contributed by atoms with Crippen LogP contribution in [0.15, 0.2) is 18.2 Å². The SMILES string of the molecule is COc1ccc(C2CN2N)cc1Cl. The molecule has 1 aliphatic heterocycles. The van der Waals surface area contributed by atoms with E-state index in [4.69, 9.17) is 22.2 Å². The van der Waals surface area contributed by atoms with E-state index >= 15 is 0 Å². The van der Waals surface area contributed by atoms with E-state index in [1.165, 1.54) is 0 Å². The fourth-order valence-electron chi connectivity index (χ4n) is 1.34. The predicted octanol–water partition coefficient (Wildman–Crippen LogP) is 1.58. The summed E-state index contributed by atoms with van der Waals surface area (Å²) in [6, 6.07) is 6.09. The molecule has 0 spiro atoms. The van der Waals surface area contributed by atoms with Crippen molar-refractivity contribution in [3.8, 4) is 5.75 Å². The molecule has 2 atom stereocenters. The maximum absolute atomic E-state index is 5.96. The maximum Gasteiger partial charge on any atom is 0.137 e. The molecule has 2 unspecified atom stereocenters. The van der Waals surface area contributed by atoms with E-state index in [0.717, 1.165) is 12.1 Å². The van der Waals surface area contributed by atoms with Crippen LogP contribution in [-0.2, 0) is 0 Å². The van der Waals surface area contributed by atoms with Crippen LogP contribution in [0.2, 0.25) is 5.02 Å². The molecular weight excluding hydrogens is 188 g/mol. The van der Waals surface area contributed by atoms with Crippen LogP contribution in [0.1, 0.15) is 11.6 Å². The summed E-state index contributed by atoms with van der Waals surface area (Å²) < 4.78 is 5.05. The second kappa shape index (κ2) is 3.18. The Kier molecular flexibility index (Phi) is 2.15. The number of halogens is 1. The molecule has 1 saturated heterocycles. The Morgan fingerprint density at radius 2 is 2.31 bits per heavy atom. The summed E-state index contributed by atoms with van der Waals surface area (Å²) in [7, 11) is 1.60. The fourth-order valence-corrected chi connectivity index (χ4v) is 1.61. The molecule has 13 heavy (non-hydrogen) atoms. The number of hydrogen-bond donors (Lipinski definition) is 1. The van der Waals surface area contributed by atoms with Crippen LogP contribution in [0.25, 0.3) is 0 Å². The molecule has 3 nitrogen and oxygen atoms in total. The van der Waals surface area contributed by atoms with Gasteiger partial charge in [0.2, 0.25) is 0 Å². The number of nitrogens with zero attached hydrogens (tertiary/aromatic N) is 1. The van der Waals surface area contributed by atoms with E-state index in [9.17, 15) is 0 Å². The first-order chi connectivity index (χ1) is 6.22. The van der Waals surface area contributed by atoms with E-state index in [-0.39, 0.29) is 0 Å². The highest BCUT2D eigenvalue weighted by Gasteiger charge is 2.32. The van der Waals surface area contributed by atoms with Crippen LogP contribution in [0.3, 0.4) is 0 Å². The second-order valence-electron chi connectivity index (χ2n) is 3.11. The van der Waals surface area contributed by atoms with Crippen LogP contribution in [-0.4, -0.2) is 18.7 Å². The Labute approximate surface area is 82.0 Å². The van der Waals surface area contributed by atoms with Crippen molar-refractivity contribution in [2.24, 2.45) is 5.84 Å². The third-order valence-electron chi connectivity index (χ3n) is 2.21. The van der Waals surface area contributed by atoms with Crippen molar-refractivity contribution in [1.82, 2.24) is 5.01 Å². The third kappa shape index (κ3) is 1.63. The van der Waals surface area contributed by atoms with E-state index in [1.54, 1.807) is 12.1 Å². The third-order valence-corrected chi connectivity index (χ3v) is 2.51. The highest BCUT2D eigenvalue weighted by atomic mass is 35.5. The quantitative estimate of drug-likeness (QED) is 0.579. The number of rotatable bonds is 2. The van der Waals surface area contributed by atoms with Gasteiger partial charge in [-0.3, -0.25) is 5.84 Å². The van der Waals surface area contributed by atoms with Gasteiger partial charge in [0, 0.05) is 6.54 Å². The Morgan fingerprint density at radius 3 is 2.77 bits per heavy atom. The number of hydrazine groups is 1. The Morgan fingerprint density at radius 1 is 1.62 bits per heavy atom. The molecule has 1 aromatic rings. The van der Waals surface area contributed by atoms with Crippen LogP contribution >= 0.6 is 11.6 Å². The lowest BCUT2D eigenvalue weighted by Gasteiger charge is -2.04. The molecule has 1 heterocycles. The summed E-state index contributed by atoms with van der Waals surface area (Å²) in [6.07, 6.45) is 0. The first-order valence-corrected chi connectivity index (χ1v) is 4.45. The number of hydrogen-bond acceptors (Lipinski definition) is 3. The first kappa shape index (κ1) is 8.81. The van der Waals surface area contributed by atoms with Crippen molar-refractivity contribution in [1.29, 1.82) is 0 Å². The molecule has 0 aromatic heterocycles. The number of methoxy groups -OCH3 is 1. The molecule has 0 bridgehead atoms. The maximum atomic E-state index is 5.96. The Bertz CT molecular complexity index is 329. The zero-order chi connectivity index (χ0) is 9.42. The van der Waals surface area contributed by atoms with Gasteiger partial charge in [0.15, 0.2) is 0 Å². The van der Waals surface area contributed by atoms with E-state index in [2.05, 4.69) is 0 Å². The van der Waals surface area contributed by atoms with Gasteiger partial charge in [-0.05, 0) is 17.7 Å². The molecule has 2 N–H and O–H groups in total. The van der Waals surface area contributed by atoms with Crippen LogP contribution < -0.4 is 10.6 Å². The van der Waals surface area contributed by atoms with Gasteiger partial charge in [0.1, 0.15) is 5.75 Å². The fraction of sp³-hybridized carbons (Fsp3) is 0.333. The molecule has 1 aliphatic rings. The van der Waals surface area contributed by atoms with Crippen molar-refractivity contribution in [3.05, 3.63) is 28.8 Å². The van der Waals surface area contributed by atoms with Gasteiger partial charge in [0.05, 0.1) is 18.2 Å². The minimum Gasteiger partial charge on any atom is -0.495 e. The minimum atomic E-state index is 0.336. The molecule has 2 rings (SSSR count). The Balaban J connectivity index is 2.25. The standard InChI is InChI=1S/C9H11ClN2O/c1-13-9-3-2-6(4-7(9)10)8-5-12(8)11/h2-4,8H,5,11H2,1H3. The minimum absolute atomic E-state index is 0.336. The average Bonchev–Trinajstić information content (AvgIpc) is 2.82. The lowest BCUT2D eigenvalue weighted by atomic mass is 10.1. The van der Waals surface area contributed by atoms with Gasteiger partial charge in [0.25, 0.3) is 0 Å². The molecule has 4 heteroatoms. The van der Waals surface area contributed by atoms with Crippen molar-refractivity contribution >= 4 is 11.6 Å². The van der Waals surface area contributed by atoms with Gasteiger partial charge < -0.3 is 4.74 Å². The highest BCUT2D eigenvalue weighted by Crippen LogP contribution is 2.34. The second-order valence-corrected chi connectivity index (χ2v) is 3.51. The summed E-state index contributed by atoms with van der Waals surface area (Å²) in [4.78, 5) is 0. The molecule has 0 saturated carbocycles. The van der Waals surface area contributed by atoms with Crippen molar-refractivity contribution in [3.63, 3.8) is 0 Å². The number of benzene rings is 1. The van der Waals surface area contributed by atoms with Crippen molar-refractivity contribution < 1.29 is 4.74 Å². The zero-order valence-electron chi connectivity index (χ0n) is 7.33. The summed E-state index contributed by atoms with van der Waals surface area (Å²) in [5.74, 6) is 6.28. The van der Waals surface area contributed by atoms with E-state index in [1.807, 2.05) is 18.2 Å². The van der Waals surface area contributed by atoms with Gasteiger partial charge in [-0.15, -0.1) is 0 Å². The van der Waals surface area contributed by atoms with Gasteiger partial charge >= 0.3 is 0 Å². The summed E-state index contributed by atoms with van der Waals surface area (Å²) in [5, 5.41) is 2.40. The molecule has 0 aliphatic carbocycles. The lowest BCUT2D eigenvalue weighted by Crippen LogP contribution is -2.05. The topological polar surface area (TPSA) is 38.3 Å². The molecule has 70 valence electrons. The number of ether oxygens (including phenoxy) is 1. The normalized spacial score (nSPS) is 25.8. The predicted molar refractivity (Wildman–Crippen MR) is 51.6 cm³/mol. The van der Waals surface area contributed by atoms with Crippen LogP contribution in [0.5, 0.6) is 5.75 Å².